The highest BCUT2D eigenvalue weighted by atomic mass is 15.1. The minimum absolute atomic E-state index is 0.540. The first-order chi connectivity index (χ1) is 31.4. The fourth-order valence-electron chi connectivity index (χ4n) is 9.67. The van der Waals surface area contributed by atoms with Crippen molar-refractivity contribution in [3.63, 3.8) is 0 Å². The molecule has 0 N–H and O–H groups in total. The number of aryl methyl sites for hydroxylation is 3. The zero-order valence-corrected chi connectivity index (χ0v) is 37.2. The third-order valence-corrected chi connectivity index (χ3v) is 12.6. The Hall–Kier alpha value is -7.74. The van der Waals surface area contributed by atoms with Gasteiger partial charge >= 0.3 is 0 Å². The van der Waals surface area contributed by atoms with Gasteiger partial charge in [-0.05, 0) is 148 Å². The Morgan fingerprint density at radius 2 is 1.08 bits per heavy atom. The largest absolute Gasteiger partial charge is 0.310 e. The van der Waals surface area contributed by atoms with E-state index in [-0.39, 0.29) is 0 Å². The number of hydrogen-bond donors (Lipinski definition) is 0. The van der Waals surface area contributed by atoms with Crippen LogP contribution in [-0.4, -0.2) is 0 Å². The Balaban J connectivity index is 0.000000677. The van der Waals surface area contributed by atoms with Crippen molar-refractivity contribution >= 4 is 27.8 Å². The van der Waals surface area contributed by atoms with E-state index in [4.69, 9.17) is 0 Å². The SMILES string of the molecule is C=C/C=C(\C=C/C)C1(c2ccccc2)c2ccccc2-c2ccc(N(c3ccccc3)c3ccc(-c4ccc(C)c(-c5c(C)ccc6ccccc56)c4)cc3)cc21.Cc1ccccc1. The van der Waals surface area contributed by atoms with Crippen LogP contribution in [0.4, 0.5) is 17.1 Å². The van der Waals surface area contributed by atoms with Crippen LogP contribution in [0.15, 0.2) is 249 Å². The number of anilines is 3. The van der Waals surface area contributed by atoms with E-state index in [1.54, 1.807) is 0 Å². The van der Waals surface area contributed by atoms with Crippen LogP contribution in [0.1, 0.15) is 40.3 Å². The molecule has 1 aliphatic carbocycles. The Morgan fingerprint density at radius 3 is 1.78 bits per heavy atom. The second-order valence-electron chi connectivity index (χ2n) is 16.6. The maximum absolute atomic E-state index is 4.17. The highest BCUT2D eigenvalue weighted by Crippen LogP contribution is 2.58. The summed E-state index contributed by atoms with van der Waals surface area (Å²) in [6, 6.07) is 77.0. The molecule has 1 atom stereocenters. The second kappa shape index (κ2) is 18.3. The fraction of sp³-hybridized carbons (Fsp3) is 0.0794. The molecule has 0 heterocycles. The van der Waals surface area contributed by atoms with Crippen LogP contribution in [0.5, 0.6) is 0 Å². The van der Waals surface area contributed by atoms with Crippen LogP contribution >= 0.6 is 0 Å². The van der Waals surface area contributed by atoms with Gasteiger partial charge in [0.25, 0.3) is 0 Å². The predicted molar refractivity (Wildman–Crippen MR) is 275 cm³/mol. The highest BCUT2D eigenvalue weighted by Gasteiger charge is 2.46. The molecule has 0 saturated heterocycles. The van der Waals surface area contributed by atoms with Gasteiger partial charge in [-0.15, -0.1) is 0 Å². The maximum atomic E-state index is 4.17. The zero-order chi connectivity index (χ0) is 44.0. The lowest BCUT2D eigenvalue weighted by Gasteiger charge is -2.35. The molecule has 1 heteroatoms. The molecule has 1 aliphatic rings. The average Bonchev–Trinajstić information content (AvgIpc) is 3.63. The number of allylic oxidation sites excluding steroid dienone is 5. The van der Waals surface area contributed by atoms with Crippen molar-refractivity contribution in [3.05, 3.63) is 282 Å². The van der Waals surface area contributed by atoms with Gasteiger partial charge in [-0.1, -0.05) is 206 Å². The third-order valence-electron chi connectivity index (χ3n) is 12.6. The molecule has 1 nitrogen and oxygen atoms in total. The third kappa shape index (κ3) is 7.71. The number of benzene rings is 9. The minimum atomic E-state index is -0.540. The van der Waals surface area contributed by atoms with E-state index in [9.17, 15) is 0 Å². The Kier molecular flexibility index (Phi) is 11.9. The summed E-state index contributed by atoms with van der Waals surface area (Å²) < 4.78 is 0. The van der Waals surface area contributed by atoms with Crippen LogP contribution in [0.25, 0.3) is 44.2 Å². The van der Waals surface area contributed by atoms with Crippen molar-refractivity contribution < 1.29 is 0 Å². The summed E-state index contributed by atoms with van der Waals surface area (Å²) in [5, 5.41) is 2.55. The first-order valence-electron chi connectivity index (χ1n) is 22.2. The van der Waals surface area contributed by atoms with E-state index in [1.807, 2.05) is 24.3 Å². The van der Waals surface area contributed by atoms with Crippen molar-refractivity contribution in [2.24, 2.45) is 0 Å². The lowest BCUT2D eigenvalue weighted by molar-refractivity contribution is 0.767. The highest BCUT2D eigenvalue weighted by molar-refractivity contribution is 6.00. The van der Waals surface area contributed by atoms with Crippen LogP contribution in [-0.2, 0) is 5.41 Å². The second-order valence-corrected chi connectivity index (χ2v) is 16.6. The number of rotatable bonds is 9. The lowest BCUT2D eigenvalue weighted by Crippen LogP contribution is -2.29. The molecule has 64 heavy (non-hydrogen) atoms. The molecule has 0 saturated carbocycles. The molecule has 310 valence electrons. The molecule has 1 unspecified atom stereocenters. The molecule has 0 aliphatic heterocycles. The molecule has 0 fully saturated rings. The molecular formula is C63H53N. The monoisotopic (exact) mass is 823 g/mol. The van der Waals surface area contributed by atoms with Crippen molar-refractivity contribution in [1.82, 2.24) is 0 Å². The van der Waals surface area contributed by atoms with Crippen molar-refractivity contribution in [3.8, 4) is 33.4 Å². The van der Waals surface area contributed by atoms with E-state index in [0.29, 0.717) is 0 Å². The Labute approximate surface area is 379 Å². The van der Waals surface area contributed by atoms with Gasteiger partial charge in [0.15, 0.2) is 0 Å². The fourth-order valence-corrected chi connectivity index (χ4v) is 9.67. The summed E-state index contributed by atoms with van der Waals surface area (Å²) >= 11 is 0. The van der Waals surface area contributed by atoms with Gasteiger partial charge in [0.2, 0.25) is 0 Å². The first-order valence-corrected chi connectivity index (χ1v) is 22.2. The van der Waals surface area contributed by atoms with E-state index in [0.717, 1.165) is 17.1 Å². The molecule has 9 aromatic carbocycles. The molecule has 10 rings (SSSR count). The van der Waals surface area contributed by atoms with Gasteiger partial charge in [-0.25, -0.2) is 0 Å². The molecule has 0 radical (unpaired) electrons. The van der Waals surface area contributed by atoms with Crippen molar-refractivity contribution in [2.45, 2.75) is 33.1 Å². The summed E-state index contributed by atoms with van der Waals surface area (Å²) in [6.07, 6.45) is 8.49. The molecule has 0 bridgehead atoms. The lowest BCUT2D eigenvalue weighted by atomic mass is 9.67. The van der Waals surface area contributed by atoms with Crippen LogP contribution in [0.3, 0.4) is 0 Å². The Morgan fingerprint density at radius 1 is 0.484 bits per heavy atom. The van der Waals surface area contributed by atoms with Gasteiger partial charge in [-0.3, -0.25) is 0 Å². The van der Waals surface area contributed by atoms with Gasteiger partial charge in [-0.2, -0.15) is 0 Å². The van der Waals surface area contributed by atoms with Crippen LogP contribution in [0, 0.1) is 20.8 Å². The van der Waals surface area contributed by atoms with E-state index < -0.39 is 5.41 Å². The molecule has 0 aromatic heterocycles. The number of hydrogen-bond acceptors (Lipinski definition) is 1. The van der Waals surface area contributed by atoms with E-state index in [2.05, 4.69) is 252 Å². The minimum Gasteiger partial charge on any atom is -0.310 e. The van der Waals surface area contributed by atoms with E-state index >= 15 is 0 Å². The molecular weight excluding hydrogens is 771 g/mol. The van der Waals surface area contributed by atoms with Gasteiger partial charge < -0.3 is 4.90 Å². The standard InChI is InChI=1S/C56H45N.C7H8/c1-5-17-44(18-6-2)56(45-20-9-7-10-21-45)53-26-16-15-25-50(53)51-36-35-48(38-54(51)56)57(46-22-11-8-12-23-46)47-33-31-41(32-34-47)43-30-27-39(3)52(37-43)55-40(4)28-29-42-19-13-14-24-49(42)55;1-7-5-3-2-4-6-7/h5-38H,1H2,2-4H3;2-6H,1H3/b18-6-,44-17+;. The molecule has 0 spiro atoms. The first kappa shape index (κ1) is 41.6. The molecule has 9 aromatic rings. The topological polar surface area (TPSA) is 3.24 Å². The summed E-state index contributed by atoms with van der Waals surface area (Å²) in [7, 11) is 0. The number of nitrogens with zero attached hydrogens (tertiary/aromatic N) is 1. The normalized spacial score (nSPS) is 14.1. The summed E-state index contributed by atoms with van der Waals surface area (Å²) in [5.74, 6) is 0. The van der Waals surface area contributed by atoms with Gasteiger partial charge in [0.05, 0.1) is 5.41 Å². The van der Waals surface area contributed by atoms with Crippen LogP contribution in [0.2, 0.25) is 0 Å². The zero-order valence-electron chi connectivity index (χ0n) is 37.2. The average molecular weight is 824 g/mol. The molecule has 0 amide bonds. The smallest absolute Gasteiger partial charge is 0.0714 e. The summed E-state index contributed by atoms with van der Waals surface area (Å²) in [4.78, 5) is 2.38. The predicted octanol–water partition coefficient (Wildman–Crippen LogP) is 17.3. The summed E-state index contributed by atoms with van der Waals surface area (Å²) in [5.41, 5.74) is 19.1. The van der Waals surface area contributed by atoms with Crippen LogP contribution < -0.4 is 4.90 Å². The van der Waals surface area contributed by atoms with Gasteiger partial charge in [0.1, 0.15) is 0 Å². The van der Waals surface area contributed by atoms with Crippen molar-refractivity contribution in [1.29, 1.82) is 0 Å². The number of fused-ring (bicyclic) bond motifs is 4. The van der Waals surface area contributed by atoms with E-state index in [1.165, 1.54) is 83.1 Å². The quantitative estimate of drug-likeness (QED) is 0.131. The maximum Gasteiger partial charge on any atom is 0.0714 e. The number of para-hydroxylation sites is 1. The summed E-state index contributed by atoms with van der Waals surface area (Å²) in [6.45, 7) is 12.8. The Bertz CT molecular complexity index is 3140. The van der Waals surface area contributed by atoms with Gasteiger partial charge in [0, 0.05) is 17.1 Å². The van der Waals surface area contributed by atoms with Crippen molar-refractivity contribution in [2.75, 3.05) is 4.90 Å².